The van der Waals surface area contributed by atoms with Crippen LogP contribution in [0.1, 0.15) is 31.7 Å². The molecule has 0 bridgehead atoms. The van der Waals surface area contributed by atoms with Crippen molar-refractivity contribution in [2.24, 2.45) is 17.6 Å². The van der Waals surface area contributed by atoms with Crippen LogP contribution in [0.2, 0.25) is 0 Å². The second-order valence-electron chi connectivity index (χ2n) is 6.32. The van der Waals surface area contributed by atoms with Crippen LogP contribution < -0.4 is 15.2 Å². The summed E-state index contributed by atoms with van der Waals surface area (Å²) in [5.74, 6) is 0.549. The number of ether oxygens (including phenoxy) is 2. The quantitative estimate of drug-likeness (QED) is 0.736. The molecule has 1 aliphatic carbocycles. The summed E-state index contributed by atoms with van der Waals surface area (Å²) in [5.41, 5.74) is 6.56. The van der Waals surface area contributed by atoms with Gasteiger partial charge in [-0.15, -0.1) is 12.4 Å². The number of hydrogen-bond donors (Lipinski definition) is 1. The van der Waals surface area contributed by atoms with Gasteiger partial charge in [0.1, 0.15) is 0 Å². The summed E-state index contributed by atoms with van der Waals surface area (Å²) in [6, 6.07) is 4.75. The van der Waals surface area contributed by atoms with Crippen LogP contribution in [0.25, 0.3) is 0 Å². The van der Waals surface area contributed by atoms with E-state index in [2.05, 4.69) is 4.74 Å². The van der Waals surface area contributed by atoms with Crippen molar-refractivity contribution in [2.45, 2.75) is 39.3 Å². The van der Waals surface area contributed by atoms with Crippen LogP contribution in [0.15, 0.2) is 18.2 Å². The Morgan fingerprint density at radius 2 is 2.08 bits per heavy atom. The minimum absolute atomic E-state index is 0. The van der Waals surface area contributed by atoms with Gasteiger partial charge in [-0.2, -0.15) is 8.78 Å². The van der Waals surface area contributed by atoms with Gasteiger partial charge in [0.05, 0.1) is 6.61 Å². The molecule has 0 aliphatic heterocycles. The van der Waals surface area contributed by atoms with E-state index in [1.807, 2.05) is 0 Å². The Bertz CT molecular complexity index is 590. The lowest BCUT2D eigenvalue weighted by atomic mass is 9.95. The van der Waals surface area contributed by atoms with Crippen molar-refractivity contribution >= 4 is 18.3 Å². The van der Waals surface area contributed by atoms with Crippen molar-refractivity contribution in [1.82, 2.24) is 4.90 Å². The number of carbonyl (C=O) groups excluding carboxylic acids is 1. The molecule has 5 nitrogen and oxygen atoms in total. The smallest absolute Gasteiger partial charge is 0.387 e. The maximum Gasteiger partial charge on any atom is 0.387 e. The van der Waals surface area contributed by atoms with Crippen LogP contribution in [-0.2, 0) is 11.3 Å². The van der Waals surface area contributed by atoms with Gasteiger partial charge >= 0.3 is 6.61 Å². The molecule has 26 heavy (non-hydrogen) atoms. The van der Waals surface area contributed by atoms with Gasteiger partial charge in [0.25, 0.3) is 0 Å². The summed E-state index contributed by atoms with van der Waals surface area (Å²) in [6.07, 6.45) is 2.89. The third kappa shape index (κ3) is 5.71. The molecule has 1 aromatic rings. The zero-order chi connectivity index (χ0) is 18.4. The maximum atomic E-state index is 12.7. The third-order valence-corrected chi connectivity index (χ3v) is 4.60. The molecule has 0 heterocycles. The normalized spacial score (nSPS) is 19.2. The molecule has 1 aromatic carbocycles. The molecule has 0 saturated heterocycles. The summed E-state index contributed by atoms with van der Waals surface area (Å²) >= 11 is 0. The molecule has 2 atom stereocenters. The van der Waals surface area contributed by atoms with Crippen LogP contribution >= 0.6 is 12.4 Å². The maximum absolute atomic E-state index is 12.7. The number of alkyl halides is 2. The number of carbonyl (C=O) groups is 1. The van der Waals surface area contributed by atoms with Crippen molar-refractivity contribution < 1.29 is 23.0 Å². The van der Waals surface area contributed by atoms with Gasteiger partial charge in [-0.3, -0.25) is 4.79 Å². The molecule has 1 fully saturated rings. The molecule has 0 spiro atoms. The Kier molecular flexibility index (Phi) is 9.08. The lowest BCUT2D eigenvalue weighted by molar-refractivity contribution is -0.135. The van der Waals surface area contributed by atoms with Gasteiger partial charge in [0, 0.05) is 19.5 Å². The third-order valence-electron chi connectivity index (χ3n) is 4.60. The van der Waals surface area contributed by atoms with Crippen LogP contribution in [0.5, 0.6) is 11.5 Å². The van der Waals surface area contributed by atoms with E-state index in [9.17, 15) is 13.6 Å². The zero-order valence-electron chi connectivity index (χ0n) is 15.1. The van der Waals surface area contributed by atoms with E-state index in [1.165, 1.54) is 6.07 Å². The minimum atomic E-state index is -2.91. The van der Waals surface area contributed by atoms with Crippen LogP contribution in [0, 0.1) is 11.8 Å². The highest BCUT2D eigenvalue weighted by atomic mass is 35.5. The summed E-state index contributed by atoms with van der Waals surface area (Å²) in [4.78, 5) is 14.3. The molecule has 0 radical (unpaired) electrons. The summed E-state index contributed by atoms with van der Waals surface area (Å²) in [7, 11) is 1.75. The Labute approximate surface area is 159 Å². The molecule has 1 aliphatic rings. The molecular weight excluding hydrogens is 366 g/mol. The van der Waals surface area contributed by atoms with Crippen LogP contribution in [0.3, 0.4) is 0 Å². The van der Waals surface area contributed by atoms with Gasteiger partial charge in [-0.05, 0) is 49.9 Å². The largest absolute Gasteiger partial charge is 0.490 e. The molecule has 2 rings (SSSR count). The van der Waals surface area contributed by atoms with Crippen LogP contribution in [0.4, 0.5) is 8.78 Å². The van der Waals surface area contributed by atoms with E-state index in [-0.39, 0.29) is 41.6 Å². The standard InChI is InChI=1S/C18H26F2N2O3.ClH/c1-3-24-16-9-12(7-8-15(16)25-18(19)20)11-22(2)17(23)14-6-4-5-13(14)10-21;/h7-9,13-14,18H,3-6,10-11,21H2,1-2H3;1H/t13-,14-;/m1./s1. The van der Waals surface area contributed by atoms with Crippen molar-refractivity contribution in [3.8, 4) is 11.5 Å². The monoisotopic (exact) mass is 392 g/mol. The fraction of sp³-hybridized carbons (Fsp3) is 0.611. The topological polar surface area (TPSA) is 64.8 Å². The first-order chi connectivity index (χ1) is 12.0. The van der Waals surface area contributed by atoms with E-state index < -0.39 is 6.61 Å². The number of amides is 1. The van der Waals surface area contributed by atoms with Gasteiger partial charge < -0.3 is 20.1 Å². The Balaban J connectivity index is 0.00000338. The summed E-state index contributed by atoms with van der Waals surface area (Å²) in [5, 5.41) is 0. The van der Waals surface area contributed by atoms with E-state index in [1.54, 1.807) is 31.0 Å². The number of halogens is 3. The summed E-state index contributed by atoms with van der Waals surface area (Å²) in [6.45, 7) is 0.0875. The second-order valence-corrected chi connectivity index (χ2v) is 6.32. The molecule has 2 N–H and O–H groups in total. The Morgan fingerprint density at radius 3 is 2.69 bits per heavy atom. The highest BCUT2D eigenvalue weighted by molar-refractivity contribution is 5.85. The molecule has 8 heteroatoms. The second kappa shape index (κ2) is 10.5. The van der Waals surface area contributed by atoms with Crippen molar-refractivity contribution in [2.75, 3.05) is 20.2 Å². The van der Waals surface area contributed by atoms with E-state index in [4.69, 9.17) is 10.5 Å². The highest BCUT2D eigenvalue weighted by Gasteiger charge is 2.33. The summed E-state index contributed by atoms with van der Waals surface area (Å²) < 4.78 is 34.8. The number of benzene rings is 1. The fourth-order valence-corrected chi connectivity index (χ4v) is 3.39. The average molecular weight is 393 g/mol. The van der Waals surface area contributed by atoms with E-state index in [0.717, 1.165) is 24.8 Å². The highest BCUT2D eigenvalue weighted by Crippen LogP contribution is 2.33. The van der Waals surface area contributed by atoms with Crippen molar-refractivity contribution in [3.05, 3.63) is 23.8 Å². The van der Waals surface area contributed by atoms with Crippen molar-refractivity contribution in [3.63, 3.8) is 0 Å². The van der Waals surface area contributed by atoms with Gasteiger partial charge in [-0.1, -0.05) is 12.5 Å². The SMILES string of the molecule is CCOc1cc(CN(C)C(=O)[C@@H]2CCC[C@@H]2CN)ccc1OC(F)F.Cl. The van der Waals surface area contributed by atoms with Gasteiger partial charge in [0.2, 0.25) is 5.91 Å². The van der Waals surface area contributed by atoms with E-state index >= 15 is 0 Å². The predicted octanol–water partition coefficient (Wildman–Crippen LogP) is 3.44. The first kappa shape index (κ1) is 22.4. The fourth-order valence-electron chi connectivity index (χ4n) is 3.39. The average Bonchev–Trinajstić information content (AvgIpc) is 3.05. The molecule has 0 unspecified atom stereocenters. The number of nitrogens with zero attached hydrogens (tertiary/aromatic N) is 1. The van der Waals surface area contributed by atoms with Gasteiger partial charge in [0.15, 0.2) is 11.5 Å². The van der Waals surface area contributed by atoms with Crippen LogP contribution in [-0.4, -0.2) is 37.6 Å². The number of rotatable bonds is 8. The molecular formula is C18H27ClF2N2O3. The Morgan fingerprint density at radius 1 is 1.35 bits per heavy atom. The molecule has 1 amide bonds. The zero-order valence-corrected chi connectivity index (χ0v) is 15.9. The lowest BCUT2D eigenvalue weighted by Crippen LogP contribution is -2.36. The lowest BCUT2D eigenvalue weighted by Gasteiger charge is -2.25. The molecule has 0 aromatic heterocycles. The molecule has 148 valence electrons. The first-order valence-electron chi connectivity index (χ1n) is 8.61. The number of nitrogens with two attached hydrogens (primary N) is 1. The Hall–Kier alpha value is -1.60. The van der Waals surface area contributed by atoms with Crippen molar-refractivity contribution in [1.29, 1.82) is 0 Å². The molecule has 1 saturated carbocycles. The predicted molar refractivity (Wildman–Crippen MR) is 97.9 cm³/mol. The van der Waals surface area contributed by atoms with Gasteiger partial charge in [-0.25, -0.2) is 0 Å². The van der Waals surface area contributed by atoms with E-state index in [0.29, 0.717) is 19.7 Å². The minimum Gasteiger partial charge on any atom is -0.490 e. The first-order valence-corrected chi connectivity index (χ1v) is 8.61. The number of hydrogen-bond acceptors (Lipinski definition) is 4.